The van der Waals surface area contributed by atoms with Crippen molar-refractivity contribution in [3.05, 3.63) is 41.7 Å². The monoisotopic (exact) mass is 342 g/mol. The topological polar surface area (TPSA) is 67.4 Å². The van der Waals surface area contributed by atoms with Gasteiger partial charge in [-0.15, -0.1) is 0 Å². The second-order valence-electron chi connectivity index (χ2n) is 5.88. The van der Waals surface area contributed by atoms with Crippen LogP contribution >= 0.6 is 0 Å². The molecule has 0 saturated heterocycles. The van der Waals surface area contributed by atoms with Gasteiger partial charge >= 0.3 is 0 Å². The molecular formula is C19H26N4O2. The molecule has 0 aliphatic heterocycles. The molecule has 0 fully saturated rings. The summed E-state index contributed by atoms with van der Waals surface area (Å²) in [5.41, 5.74) is 1.83. The molecule has 0 aliphatic rings. The lowest BCUT2D eigenvalue weighted by molar-refractivity contribution is 0.102. The van der Waals surface area contributed by atoms with E-state index in [0.717, 1.165) is 30.8 Å². The van der Waals surface area contributed by atoms with Gasteiger partial charge in [0.15, 0.2) is 0 Å². The Bertz CT molecular complexity index is 701. The summed E-state index contributed by atoms with van der Waals surface area (Å²) in [4.78, 5) is 23.3. The molecule has 0 aliphatic carbocycles. The van der Waals surface area contributed by atoms with Crippen LogP contribution in [0.3, 0.4) is 0 Å². The molecule has 6 nitrogen and oxygen atoms in total. The van der Waals surface area contributed by atoms with Crippen LogP contribution in [0.25, 0.3) is 0 Å². The van der Waals surface area contributed by atoms with Gasteiger partial charge in [0.1, 0.15) is 11.4 Å². The second-order valence-corrected chi connectivity index (χ2v) is 5.88. The smallest absolute Gasteiger partial charge is 0.274 e. The maximum absolute atomic E-state index is 12.5. The molecule has 0 spiro atoms. The fourth-order valence-corrected chi connectivity index (χ4v) is 2.33. The number of carbonyl (C=O) groups excluding carboxylic acids is 1. The number of anilines is 2. The third-order valence-electron chi connectivity index (χ3n) is 3.69. The SMILES string of the molecule is CCCCN(C)c1nc(C)cc(C(=O)Nc2ccc(OCC)cc2)n1. The Morgan fingerprint density at radius 2 is 1.92 bits per heavy atom. The van der Waals surface area contributed by atoms with Crippen LogP contribution in [0.2, 0.25) is 0 Å². The molecule has 0 bridgehead atoms. The summed E-state index contributed by atoms with van der Waals surface area (Å²) in [7, 11) is 1.94. The fourth-order valence-electron chi connectivity index (χ4n) is 2.33. The van der Waals surface area contributed by atoms with Gasteiger partial charge in [-0.1, -0.05) is 13.3 Å². The molecule has 0 radical (unpaired) electrons. The van der Waals surface area contributed by atoms with Crippen molar-refractivity contribution in [2.75, 3.05) is 30.4 Å². The first kappa shape index (κ1) is 18.7. The average Bonchev–Trinajstić information content (AvgIpc) is 2.61. The van der Waals surface area contributed by atoms with Gasteiger partial charge in [0.2, 0.25) is 5.95 Å². The van der Waals surface area contributed by atoms with Gasteiger partial charge in [0, 0.05) is 25.0 Å². The Balaban J connectivity index is 2.11. The Morgan fingerprint density at radius 3 is 2.56 bits per heavy atom. The highest BCUT2D eigenvalue weighted by atomic mass is 16.5. The minimum absolute atomic E-state index is 0.250. The standard InChI is InChI=1S/C19H26N4O2/c1-5-7-12-23(4)19-20-14(3)13-17(22-19)18(24)21-15-8-10-16(11-9-15)25-6-2/h8-11,13H,5-7,12H2,1-4H3,(H,21,24). The number of carbonyl (C=O) groups is 1. The summed E-state index contributed by atoms with van der Waals surface area (Å²) in [6.45, 7) is 7.41. The van der Waals surface area contributed by atoms with Crippen molar-refractivity contribution in [2.24, 2.45) is 0 Å². The lowest BCUT2D eigenvalue weighted by Gasteiger charge is -2.17. The molecule has 2 rings (SSSR count). The number of nitrogens with one attached hydrogen (secondary N) is 1. The van der Waals surface area contributed by atoms with Crippen LogP contribution in [-0.2, 0) is 0 Å². The van der Waals surface area contributed by atoms with E-state index in [0.29, 0.717) is 23.9 Å². The highest BCUT2D eigenvalue weighted by Crippen LogP contribution is 2.17. The number of aromatic nitrogens is 2. The molecule has 134 valence electrons. The van der Waals surface area contributed by atoms with Crippen LogP contribution in [0.1, 0.15) is 42.9 Å². The number of nitrogens with zero attached hydrogens (tertiary/aromatic N) is 3. The lowest BCUT2D eigenvalue weighted by atomic mass is 10.2. The van der Waals surface area contributed by atoms with Crippen LogP contribution in [0.15, 0.2) is 30.3 Å². The predicted molar refractivity (Wildman–Crippen MR) is 101 cm³/mol. The highest BCUT2D eigenvalue weighted by molar-refractivity contribution is 6.03. The molecular weight excluding hydrogens is 316 g/mol. The van der Waals surface area contributed by atoms with Crippen LogP contribution in [0.5, 0.6) is 5.75 Å². The van der Waals surface area contributed by atoms with E-state index in [1.54, 1.807) is 6.07 Å². The quantitative estimate of drug-likeness (QED) is 0.793. The number of benzene rings is 1. The molecule has 1 N–H and O–H groups in total. The zero-order valence-electron chi connectivity index (χ0n) is 15.4. The van der Waals surface area contributed by atoms with E-state index in [4.69, 9.17) is 4.74 Å². The summed E-state index contributed by atoms with van der Waals surface area (Å²) in [5.74, 6) is 1.10. The molecule has 0 saturated carbocycles. The van der Waals surface area contributed by atoms with Gasteiger partial charge in [0.25, 0.3) is 5.91 Å². The normalized spacial score (nSPS) is 10.4. The van der Waals surface area contributed by atoms with Crippen LogP contribution in [-0.4, -0.2) is 36.1 Å². The first-order valence-electron chi connectivity index (χ1n) is 8.64. The first-order chi connectivity index (χ1) is 12.0. The molecule has 0 unspecified atom stereocenters. The predicted octanol–water partition coefficient (Wildman–Crippen LogP) is 3.67. The Kier molecular flexibility index (Phi) is 6.74. The van der Waals surface area contributed by atoms with Crippen LogP contribution < -0.4 is 15.0 Å². The molecule has 25 heavy (non-hydrogen) atoms. The Hall–Kier alpha value is -2.63. The minimum Gasteiger partial charge on any atom is -0.494 e. The van der Waals surface area contributed by atoms with Crippen molar-refractivity contribution < 1.29 is 9.53 Å². The summed E-state index contributed by atoms with van der Waals surface area (Å²) < 4.78 is 5.40. The van der Waals surface area contributed by atoms with E-state index in [9.17, 15) is 4.79 Å². The fraction of sp³-hybridized carbons (Fsp3) is 0.421. The van der Waals surface area contributed by atoms with E-state index in [2.05, 4.69) is 22.2 Å². The van der Waals surface area contributed by atoms with Gasteiger partial charge in [-0.2, -0.15) is 0 Å². The van der Waals surface area contributed by atoms with E-state index in [1.807, 2.05) is 50.1 Å². The highest BCUT2D eigenvalue weighted by Gasteiger charge is 2.13. The van der Waals surface area contributed by atoms with Gasteiger partial charge in [-0.25, -0.2) is 9.97 Å². The summed E-state index contributed by atoms with van der Waals surface area (Å²) >= 11 is 0. The summed E-state index contributed by atoms with van der Waals surface area (Å²) in [6, 6.07) is 8.97. The van der Waals surface area contributed by atoms with E-state index in [-0.39, 0.29) is 5.91 Å². The van der Waals surface area contributed by atoms with Gasteiger partial charge in [0.05, 0.1) is 6.61 Å². The van der Waals surface area contributed by atoms with Crippen LogP contribution in [0, 0.1) is 6.92 Å². The lowest BCUT2D eigenvalue weighted by Crippen LogP contribution is -2.23. The van der Waals surface area contributed by atoms with Crippen molar-refractivity contribution in [3.63, 3.8) is 0 Å². The number of amides is 1. The first-order valence-corrected chi connectivity index (χ1v) is 8.64. The third kappa shape index (κ3) is 5.45. The third-order valence-corrected chi connectivity index (χ3v) is 3.69. The Labute approximate surface area is 149 Å². The summed E-state index contributed by atoms with van der Waals surface area (Å²) in [5, 5.41) is 2.86. The van der Waals surface area contributed by atoms with Crippen molar-refractivity contribution >= 4 is 17.5 Å². The second kappa shape index (κ2) is 9.01. The van der Waals surface area contributed by atoms with Crippen molar-refractivity contribution in [2.45, 2.75) is 33.6 Å². The molecule has 1 amide bonds. The van der Waals surface area contributed by atoms with Crippen molar-refractivity contribution in [3.8, 4) is 5.75 Å². The maximum atomic E-state index is 12.5. The molecule has 2 aromatic rings. The number of unbranched alkanes of at least 4 members (excludes halogenated alkanes) is 1. The van der Waals surface area contributed by atoms with Crippen LogP contribution in [0.4, 0.5) is 11.6 Å². The molecule has 6 heteroatoms. The Morgan fingerprint density at radius 1 is 1.20 bits per heavy atom. The van der Waals surface area contributed by atoms with Gasteiger partial charge < -0.3 is 15.0 Å². The van der Waals surface area contributed by atoms with Gasteiger partial charge in [-0.05, 0) is 50.6 Å². The largest absolute Gasteiger partial charge is 0.494 e. The van der Waals surface area contributed by atoms with E-state index >= 15 is 0 Å². The van der Waals surface area contributed by atoms with Gasteiger partial charge in [-0.3, -0.25) is 4.79 Å². The molecule has 1 aromatic heterocycles. The maximum Gasteiger partial charge on any atom is 0.274 e. The zero-order valence-corrected chi connectivity index (χ0v) is 15.4. The number of ether oxygens (including phenoxy) is 1. The average molecular weight is 342 g/mol. The molecule has 1 aromatic carbocycles. The summed E-state index contributed by atoms with van der Waals surface area (Å²) in [6.07, 6.45) is 2.16. The van der Waals surface area contributed by atoms with Crippen molar-refractivity contribution in [1.29, 1.82) is 0 Å². The van der Waals surface area contributed by atoms with E-state index in [1.165, 1.54) is 0 Å². The number of hydrogen-bond acceptors (Lipinski definition) is 5. The number of hydrogen-bond donors (Lipinski definition) is 1. The van der Waals surface area contributed by atoms with Crippen molar-refractivity contribution in [1.82, 2.24) is 9.97 Å². The number of aryl methyl sites for hydroxylation is 1. The van der Waals surface area contributed by atoms with E-state index < -0.39 is 0 Å². The zero-order chi connectivity index (χ0) is 18.2. The number of rotatable bonds is 8. The molecule has 0 atom stereocenters. The molecule has 1 heterocycles. The minimum atomic E-state index is -0.250.